The Hall–Kier alpha value is -1.03. The quantitative estimate of drug-likeness (QED) is 0.657. The number of imidazole rings is 1. The molecule has 2 heterocycles. The van der Waals surface area contributed by atoms with E-state index in [1.165, 1.54) is 0 Å². The van der Waals surface area contributed by atoms with E-state index in [-0.39, 0.29) is 5.25 Å². The van der Waals surface area contributed by atoms with Gasteiger partial charge in [-0.1, -0.05) is 0 Å². The van der Waals surface area contributed by atoms with Gasteiger partial charge in [0.1, 0.15) is 5.82 Å². The lowest BCUT2D eigenvalue weighted by atomic mass is 10.4. The molecule has 2 aromatic rings. The molecule has 1 N–H and O–H groups in total. The van der Waals surface area contributed by atoms with Crippen molar-refractivity contribution in [2.75, 3.05) is 0 Å². The van der Waals surface area contributed by atoms with Crippen LogP contribution in [0.5, 0.6) is 0 Å². The van der Waals surface area contributed by atoms with Gasteiger partial charge in [-0.2, -0.15) is 12.6 Å². The number of thiol groups is 1. The van der Waals surface area contributed by atoms with Crippen LogP contribution in [0.1, 0.15) is 18.0 Å². The number of hydrogen-bond donors (Lipinski definition) is 2. The van der Waals surface area contributed by atoms with Crippen LogP contribution in [-0.2, 0) is 0 Å². The first-order valence-electron chi connectivity index (χ1n) is 3.76. The molecule has 1 atom stereocenters. The van der Waals surface area contributed by atoms with Crippen molar-refractivity contribution in [1.29, 1.82) is 0 Å². The molecule has 3 nitrogen and oxygen atoms in total. The van der Waals surface area contributed by atoms with Gasteiger partial charge in [-0.15, -0.1) is 0 Å². The zero-order valence-corrected chi connectivity index (χ0v) is 7.55. The van der Waals surface area contributed by atoms with Crippen molar-refractivity contribution in [2.24, 2.45) is 0 Å². The topological polar surface area (TPSA) is 41.6 Å². The molecule has 0 aromatic carbocycles. The Morgan fingerprint density at radius 1 is 1.58 bits per heavy atom. The van der Waals surface area contributed by atoms with Gasteiger partial charge in [0.25, 0.3) is 0 Å². The third kappa shape index (κ3) is 1.18. The Morgan fingerprint density at radius 2 is 2.42 bits per heavy atom. The highest BCUT2D eigenvalue weighted by Gasteiger charge is 2.05. The normalized spacial score (nSPS) is 13.5. The van der Waals surface area contributed by atoms with E-state index in [0.717, 1.165) is 17.0 Å². The largest absolute Gasteiger partial charge is 0.340 e. The predicted octanol–water partition coefficient (Wildman–Crippen LogP) is 1.95. The second kappa shape index (κ2) is 2.79. The third-order valence-electron chi connectivity index (χ3n) is 1.67. The molecule has 62 valence electrons. The molecule has 12 heavy (non-hydrogen) atoms. The molecule has 4 heteroatoms. The fourth-order valence-corrected chi connectivity index (χ4v) is 1.18. The third-order valence-corrected chi connectivity index (χ3v) is 1.92. The molecule has 0 saturated carbocycles. The lowest BCUT2D eigenvalue weighted by Crippen LogP contribution is -1.85. The number of aromatic nitrogens is 3. The molecule has 0 radical (unpaired) electrons. The van der Waals surface area contributed by atoms with Crippen LogP contribution < -0.4 is 0 Å². The van der Waals surface area contributed by atoms with Crippen molar-refractivity contribution >= 4 is 23.8 Å². The Bertz CT molecular complexity index is 361. The molecule has 0 fully saturated rings. The predicted molar refractivity (Wildman–Crippen MR) is 51.3 cm³/mol. The van der Waals surface area contributed by atoms with Crippen molar-refractivity contribution in [2.45, 2.75) is 12.2 Å². The minimum Gasteiger partial charge on any atom is -0.340 e. The van der Waals surface area contributed by atoms with Crippen LogP contribution in [0.4, 0.5) is 0 Å². The molecule has 2 aromatic heterocycles. The van der Waals surface area contributed by atoms with E-state index < -0.39 is 0 Å². The lowest BCUT2D eigenvalue weighted by molar-refractivity contribution is 0.978. The fourth-order valence-electron chi connectivity index (χ4n) is 1.06. The average Bonchev–Trinajstić information content (AvgIpc) is 2.46. The molecular formula is C8H9N3S. The number of rotatable bonds is 1. The average molecular weight is 179 g/mol. The Kier molecular flexibility index (Phi) is 1.77. The molecule has 0 amide bonds. The van der Waals surface area contributed by atoms with Crippen LogP contribution in [0, 0.1) is 0 Å². The van der Waals surface area contributed by atoms with Crippen molar-refractivity contribution in [3.8, 4) is 0 Å². The van der Waals surface area contributed by atoms with Crippen LogP contribution in [0.3, 0.4) is 0 Å². The van der Waals surface area contributed by atoms with Crippen molar-refractivity contribution in [3.63, 3.8) is 0 Å². The highest BCUT2D eigenvalue weighted by atomic mass is 32.1. The van der Waals surface area contributed by atoms with Crippen LogP contribution in [0.15, 0.2) is 18.3 Å². The lowest BCUT2D eigenvalue weighted by Gasteiger charge is -1.94. The van der Waals surface area contributed by atoms with E-state index in [1.807, 2.05) is 19.1 Å². The zero-order valence-electron chi connectivity index (χ0n) is 6.65. The van der Waals surface area contributed by atoms with Gasteiger partial charge in [0.15, 0.2) is 5.65 Å². The van der Waals surface area contributed by atoms with E-state index in [9.17, 15) is 0 Å². The fraction of sp³-hybridized carbons (Fsp3) is 0.250. The maximum absolute atomic E-state index is 4.28. The van der Waals surface area contributed by atoms with Crippen molar-refractivity contribution in [3.05, 3.63) is 24.2 Å². The second-order valence-corrected chi connectivity index (χ2v) is 3.45. The first kappa shape index (κ1) is 7.61. The summed E-state index contributed by atoms with van der Waals surface area (Å²) in [5.74, 6) is 0.868. The number of nitrogens with one attached hydrogen (secondary N) is 1. The maximum Gasteiger partial charge on any atom is 0.177 e. The molecule has 0 bridgehead atoms. The molecule has 0 aliphatic rings. The summed E-state index contributed by atoms with van der Waals surface area (Å²) in [4.78, 5) is 11.5. The number of nitrogens with zero attached hydrogens (tertiary/aromatic N) is 2. The number of fused-ring (bicyclic) bond motifs is 1. The Morgan fingerprint density at radius 3 is 3.08 bits per heavy atom. The molecular weight excluding hydrogens is 170 g/mol. The summed E-state index contributed by atoms with van der Waals surface area (Å²) in [6, 6.07) is 3.84. The summed E-state index contributed by atoms with van der Waals surface area (Å²) in [5.41, 5.74) is 1.72. The van der Waals surface area contributed by atoms with Crippen LogP contribution >= 0.6 is 12.6 Å². The van der Waals surface area contributed by atoms with E-state index in [0.29, 0.717) is 0 Å². The molecule has 0 aliphatic carbocycles. The maximum atomic E-state index is 4.28. The molecule has 2 rings (SSSR count). The number of pyridine rings is 1. The van der Waals surface area contributed by atoms with Gasteiger partial charge in [-0.3, -0.25) is 0 Å². The first-order valence-corrected chi connectivity index (χ1v) is 4.27. The summed E-state index contributed by atoms with van der Waals surface area (Å²) in [7, 11) is 0. The highest BCUT2D eigenvalue weighted by Crippen LogP contribution is 2.17. The zero-order chi connectivity index (χ0) is 8.55. The van der Waals surface area contributed by atoms with Crippen LogP contribution in [-0.4, -0.2) is 15.0 Å². The van der Waals surface area contributed by atoms with E-state index in [1.54, 1.807) is 6.20 Å². The summed E-state index contributed by atoms with van der Waals surface area (Å²) in [6.45, 7) is 1.97. The first-order chi connectivity index (χ1) is 5.77. The summed E-state index contributed by atoms with van der Waals surface area (Å²) >= 11 is 4.28. The van der Waals surface area contributed by atoms with E-state index in [2.05, 4.69) is 27.6 Å². The van der Waals surface area contributed by atoms with Gasteiger partial charge in [0.05, 0.1) is 10.8 Å². The number of hydrogen-bond acceptors (Lipinski definition) is 3. The standard InChI is InChI=1S/C8H9N3S/c1-5(12)7-10-6-3-2-4-9-8(6)11-7/h2-5,12H,1H3,(H,9,10,11). The number of H-pyrrole nitrogens is 1. The van der Waals surface area contributed by atoms with Crippen LogP contribution in [0.2, 0.25) is 0 Å². The molecule has 0 spiro atoms. The summed E-state index contributed by atoms with van der Waals surface area (Å²) in [5, 5.41) is 0.124. The van der Waals surface area contributed by atoms with Gasteiger partial charge in [0, 0.05) is 6.20 Å². The molecule has 1 unspecified atom stereocenters. The van der Waals surface area contributed by atoms with Gasteiger partial charge in [-0.25, -0.2) is 9.97 Å². The SMILES string of the molecule is CC(S)c1nc2ncccc2[nH]1. The molecule has 0 saturated heterocycles. The van der Waals surface area contributed by atoms with Crippen molar-refractivity contribution < 1.29 is 0 Å². The van der Waals surface area contributed by atoms with Gasteiger partial charge in [0.2, 0.25) is 0 Å². The van der Waals surface area contributed by atoms with Gasteiger partial charge >= 0.3 is 0 Å². The minimum atomic E-state index is 0.124. The van der Waals surface area contributed by atoms with Crippen LogP contribution in [0.25, 0.3) is 11.2 Å². The van der Waals surface area contributed by atoms with Crippen molar-refractivity contribution in [1.82, 2.24) is 15.0 Å². The smallest absolute Gasteiger partial charge is 0.177 e. The van der Waals surface area contributed by atoms with E-state index >= 15 is 0 Å². The van der Waals surface area contributed by atoms with E-state index in [4.69, 9.17) is 0 Å². The molecule has 0 aliphatic heterocycles. The monoisotopic (exact) mass is 179 g/mol. The van der Waals surface area contributed by atoms with Gasteiger partial charge < -0.3 is 4.98 Å². The summed E-state index contributed by atoms with van der Waals surface area (Å²) in [6.07, 6.45) is 1.73. The Balaban J connectivity index is 2.62. The van der Waals surface area contributed by atoms with Gasteiger partial charge in [-0.05, 0) is 19.1 Å². The second-order valence-electron chi connectivity index (χ2n) is 2.67. The Labute approximate surface area is 75.6 Å². The highest BCUT2D eigenvalue weighted by molar-refractivity contribution is 7.80. The summed E-state index contributed by atoms with van der Waals surface area (Å²) < 4.78 is 0. The minimum absolute atomic E-state index is 0.124. The number of aromatic amines is 1.